The average molecular weight is 336 g/mol. The smallest absolute Gasteiger partial charge is 0.270 e. The Bertz CT molecular complexity index is 591. The highest BCUT2D eigenvalue weighted by atomic mass is 16.6. The van der Waals surface area contributed by atoms with E-state index < -0.39 is 16.9 Å². The van der Waals surface area contributed by atoms with Crippen molar-refractivity contribution in [1.82, 2.24) is 10.6 Å². The third-order valence-corrected chi connectivity index (χ3v) is 3.60. The number of nitrogens with zero attached hydrogens (tertiary/aromatic N) is 1. The highest BCUT2D eigenvalue weighted by Gasteiger charge is 2.20. The summed E-state index contributed by atoms with van der Waals surface area (Å²) in [6.07, 6.45) is 2.74. The average Bonchev–Trinajstić information content (AvgIpc) is 2.58. The van der Waals surface area contributed by atoms with E-state index >= 15 is 0 Å². The number of nitrogens with two attached hydrogens (primary N) is 1. The number of non-ortho nitro benzene ring substituents is 1. The fourth-order valence-electron chi connectivity index (χ4n) is 2.13. The van der Waals surface area contributed by atoms with Gasteiger partial charge in [-0.25, -0.2) is 0 Å². The normalized spacial score (nSPS) is 13.0. The van der Waals surface area contributed by atoms with Crippen LogP contribution in [0.4, 0.5) is 5.69 Å². The van der Waals surface area contributed by atoms with Crippen LogP contribution in [0, 0.1) is 10.1 Å². The lowest BCUT2D eigenvalue weighted by molar-refractivity contribution is -0.384. The number of rotatable bonds is 9. The molecule has 0 fully saturated rings. The van der Waals surface area contributed by atoms with E-state index in [1.165, 1.54) is 24.3 Å². The molecule has 0 radical (unpaired) electrons. The van der Waals surface area contributed by atoms with Crippen LogP contribution in [0.15, 0.2) is 24.3 Å². The highest BCUT2D eigenvalue weighted by Crippen LogP contribution is 2.13. The quantitative estimate of drug-likeness (QED) is 0.463. The van der Waals surface area contributed by atoms with Gasteiger partial charge in [-0.3, -0.25) is 19.7 Å². The Morgan fingerprint density at radius 3 is 2.62 bits per heavy atom. The number of hydrogen-bond donors (Lipinski definition) is 3. The fraction of sp³-hybridized carbons (Fsp3) is 0.500. The summed E-state index contributed by atoms with van der Waals surface area (Å²) in [4.78, 5) is 34.4. The monoisotopic (exact) mass is 336 g/mol. The molecule has 0 aromatic heterocycles. The van der Waals surface area contributed by atoms with Gasteiger partial charge in [0.1, 0.15) is 6.04 Å². The molecule has 4 N–H and O–H groups in total. The Kier molecular flexibility index (Phi) is 7.84. The van der Waals surface area contributed by atoms with Crippen molar-refractivity contribution in [3.63, 3.8) is 0 Å². The molecule has 0 bridgehead atoms. The third kappa shape index (κ3) is 5.96. The first-order valence-electron chi connectivity index (χ1n) is 7.94. The molecule has 2 atom stereocenters. The van der Waals surface area contributed by atoms with E-state index in [-0.39, 0.29) is 23.2 Å². The van der Waals surface area contributed by atoms with Gasteiger partial charge in [-0.2, -0.15) is 0 Å². The number of hydrogen-bond acceptors (Lipinski definition) is 5. The van der Waals surface area contributed by atoms with Crippen LogP contribution in [0.1, 0.15) is 43.5 Å². The van der Waals surface area contributed by atoms with Crippen molar-refractivity contribution in [2.45, 2.75) is 45.2 Å². The van der Waals surface area contributed by atoms with Crippen LogP contribution in [0.25, 0.3) is 0 Å². The zero-order chi connectivity index (χ0) is 18.1. The zero-order valence-electron chi connectivity index (χ0n) is 14.0. The molecule has 1 aromatic rings. The molecule has 0 aliphatic carbocycles. The lowest BCUT2D eigenvalue weighted by Crippen LogP contribution is -2.50. The van der Waals surface area contributed by atoms with E-state index in [9.17, 15) is 19.7 Å². The van der Waals surface area contributed by atoms with E-state index in [0.29, 0.717) is 6.54 Å². The second kappa shape index (κ2) is 9.61. The summed E-state index contributed by atoms with van der Waals surface area (Å²) in [6.45, 7) is 3.94. The minimum absolute atomic E-state index is 0.130. The first-order valence-corrected chi connectivity index (χ1v) is 7.94. The van der Waals surface area contributed by atoms with Crippen LogP contribution in [-0.4, -0.2) is 35.4 Å². The number of unbranched alkanes of at least 4 members (excludes halogenated alkanes) is 1. The van der Waals surface area contributed by atoms with E-state index in [1.807, 2.05) is 0 Å². The zero-order valence-corrected chi connectivity index (χ0v) is 14.0. The van der Waals surface area contributed by atoms with Crippen molar-refractivity contribution in [3.05, 3.63) is 39.9 Å². The van der Waals surface area contributed by atoms with Crippen LogP contribution in [0.5, 0.6) is 0 Å². The number of nitro groups is 1. The third-order valence-electron chi connectivity index (χ3n) is 3.60. The van der Waals surface area contributed by atoms with Gasteiger partial charge in [-0.15, -0.1) is 0 Å². The van der Waals surface area contributed by atoms with Crippen LogP contribution >= 0.6 is 0 Å². The summed E-state index contributed by atoms with van der Waals surface area (Å²) in [5, 5.41) is 16.1. The molecule has 132 valence electrons. The molecule has 8 heteroatoms. The Morgan fingerprint density at radius 1 is 1.33 bits per heavy atom. The number of amides is 2. The van der Waals surface area contributed by atoms with Crippen molar-refractivity contribution in [2.24, 2.45) is 5.73 Å². The molecule has 1 aromatic carbocycles. The SMILES string of the molecule is CCCCC(CN)NC(=O)C(C)NC(=O)c1cccc([N+](=O)[O-])c1. The molecular weight excluding hydrogens is 312 g/mol. The summed E-state index contributed by atoms with van der Waals surface area (Å²) in [5.74, 6) is -0.875. The number of nitrogens with one attached hydrogen (secondary N) is 2. The van der Waals surface area contributed by atoms with Crippen molar-refractivity contribution >= 4 is 17.5 Å². The van der Waals surface area contributed by atoms with Crippen LogP contribution in [0.3, 0.4) is 0 Å². The van der Waals surface area contributed by atoms with Gasteiger partial charge in [0.15, 0.2) is 0 Å². The van der Waals surface area contributed by atoms with Gasteiger partial charge in [-0.05, 0) is 19.4 Å². The van der Waals surface area contributed by atoms with Crippen LogP contribution in [0.2, 0.25) is 0 Å². The molecular formula is C16H24N4O4. The molecule has 0 saturated carbocycles. The minimum Gasteiger partial charge on any atom is -0.350 e. The van der Waals surface area contributed by atoms with Crippen LogP contribution in [-0.2, 0) is 4.79 Å². The van der Waals surface area contributed by atoms with E-state index in [0.717, 1.165) is 19.3 Å². The standard InChI is InChI=1S/C16H24N4O4/c1-3-4-7-13(10-17)19-15(21)11(2)18-16(22)12-6-5-8-14(9-12)20(23)24/h5-6,8-9,11,13H,3-4,7,10,17H2,1-2H3,(H,18,22)(H,19,21). The summed E-state index contributed by atoms with van der Waals surface area (Å²) < 4.78 is 0. The predicted molar refractivity (Wildman–Crippen MR) is 90.5 cm³/mol. The Hall–Kier alpha value is -2.48. The topological polar surface area (TPSA) is 127 Å². The van der Waals surface area contributed by atoms with Crippen molar-refractivity contribution in [3.8, 4) is 0 Å². The molecule has 2 amide bonds. The van der Waals surface area contributed by atoms with E-state index in [1.54, 1.807) is 6.92 Å². The molecule has 8 nitrogen and oxygen atoms in total. The lowest BCUT2D eigenvalue weighted by atomic mass is 10.1. The molecule has 2 unspecified atom stereocenters. The molecule has 1 rings (SSSR count). The van der Waals surface area contributed by atoms with Gasteiger partial charge in [0.25, 0.3) is 11.6 Å². The first-order chi connectivity index (χ1) is 11.4. The van der Waals surface area contributed by atoms with E-state index in [4.69, 9.17) is 5.73 Å². The largest absolute Gasteiger partial charge is 0.350 e. The summed E-state index contributed by atoms with van der Waals surface area (Å²) in [5.41, 5.74) is 5.58. The van der Waals surface area contributed by atoms with Gasteiger partial charge < -0.3 is 16.4 Å². The molecule has 0 aliphatic heterocycles. The Balaban J connectivity index is 2.64. The summed E-state index contributed by atoms with van der Waals surface area (Å²) in [7, 11) is 0. The van der Waals surface area contributed by atoms with Crippen molar-refractivity contribution in [2.75, 3.05) is 6.54 Å². The molecule has 0 spiro atoms. The van der Waals surface area contributed by atoms with Gasteiger partial charge >= 0.3 is 0 Å². The number of benzene rings is 1. The van der Waals surface area contributed by atoms with Gasteiger partial charge in [0, 0.05) is 30.3 Å². The maximum absolute atomic E-state index is 12.1. The van der Waals surface area contributed by atoms with Crippen LogP contribution < -0.4 is 16.4 Å². The highest BCUT2D eigenvalue weighted by molar-refractivity contribution is 5.97. The van der Waals surface area contributed by atoms with Gasteiger partial charge in [-0.1, -0.05) is 25.8 Å². The fourth-order valence-corrected chi connectivity index (χ4v) is 2.13. The minimum atomic E-state index is -0.771. The van der Waals surface area contributed by atoms with Crippen molar-refractivity contribution < 1.29 is 14.5 Å². The van der Waals surface area contributed by atoms with E-state index in [2.05, 4.69) is 17.6 Å². The molecule has 0 aliphatic rings. The Morgan fingerprint density at radius 2 is 2.04 bits per heavy atom. The van der Waals surface area contributed by atoms with Gasteiger partial charge in [0.05, 0.1) is 4.92 Å². The second-order valence-corrected chi connectivity index (χ2v) is 5.59. The maximum Gasteiger partial charge on any atom is 0.270 e. The molecule has 0 saturated heterocycles. The first kappa shape index (κ1) is 19.6. The predicted octanol–water partition coefficient (Wildman–Crippen LogP) is 1.35. The lowest BCUT2D eigenvalue weighted by Gasteiger charge is -2.20. The van der Waals surface area contributed by atoms with Gasteiger partial charge in [0.2, 0.25) is 5.91 Å². The Labute approximate surface area is 140 Å². The van der Waals surface area contributed by atoms with Crippen molar-refractivity contribution in [1.29, 1.82) is 0 Å². The number of carbonyl (C=O) groups excluding carboxylic acids is 2. The summed E-state index contributed by atoms with van der Waals surface area (Å²) >= 11 is 0. The number of nitro benzene ring substituents is 1. The number of carbonyl (C=O) groups is 2. The second-order valence-electron chi connectivity index (χ2n) is 5.59. The summed E-state index contributed by atoms with van der Waals surface area (Å²) in [6, 6.07) is 4.45. The maximum atomic E-state index is 12.1. The molecule has 0 heterocycles. The molecule has 24 heavy (non-hydrogen) atoms.